The van der Waals surface area contributed by atoms with Gasteiger partial charge in [0.1, 0.15) is 5.69 Å². The van der Waals surface area contributed by atoms with Crippen molar-refractivity contribution in [3.63, 3.8) is 0 Å². The van der Waals surface area contributed by atoms with Gasteiger partial charge in [0.15, 0.2) is 0 Å². The van der Waals surface area contributed by atoms with Gasteiger partial charge in [-0.15, -0.1) is 0 Å². The number of pyridine rings is 1. The highest BCUT2D eigenvalue weighted by atomic mass is 16.1. The normalized spacial score (nSPS) is 10.5. The molecule has 2 rings (SSSR count). The van der Waals surface area contributed by atoms with E-state index in [0.29, 0.717) is 18.2 Å². The average Bonchev–Trinajstić information content (AvgIpc) is 2.45. The summed E-state index contributed by atoms with van der Waals surface area (Å²) in [7, 11) is 3.75. The van der Waals surface area contributed by atoms with Crippen molar-refractivity contribution in [2.24, 2.45) is 0 Å². The van der Waals surface area contributed by atoms with Crippen LogP contribution in [0.4, 0.5) is 11.6 Å². The Kier molecular flexibility index (Phi) is 4.57. The number of hydrogen-bond acceptors (Lipinski definition) is 5. The summed E-state index contributed by atoms with van der Waals surface area (Å²) in [5.74, 6) is 0.558. The Hall–Kier alpha value is -2.37. The molecule has 0 fully saturated rings. The van der Waals surface area contributed by atoms with Crippen molar-refractivity contribution < 1.29 is 0 Å². The van der Waals surface area contributed by atoms with Crippen LogP contribution in [0.2, 0.25) is 0 Å². The van der Waals surface area contributed by atoms with Crippen molar-refractivity contribution in [2.45, 2.75) is 26.8 Å². The van der Waals surface area contributed by atoms with Crippen LogP contribution in [0.1, 0.15) is 23.7 Å². The van der Waals surface area contributed by atoms with Gasteiger partial charge in [0.2, 0.25) is 5.95 Å². The van der Waals surface area contributed by atoms with Gasteiger partial charge in [-0.2, -0.15) is 0 Å². The zero-order valence-electron chi connectivity index (χ0n) is 12.9. The van der Waals surface area contributed by atoms with Gasteiger partial charge in [-0.3, -0.25) is 4.79 Å². The number of H-pyrrole nitrogens is 1. The van der Waals surface area contributed by atoms with Crippen LogP contribution in [0.3, 0.4) is 0 Å². The second-order valence-corrected chi connectivity index (χ2v) is 5.06. The van der Waals surface area contributed by atoms with Gasteiger partial charge in [0.05, 0.1) is 0 Å². The predicted molar refractivity (Wildman–Crippen MR) is 84.9 cm³/mol. The number of hydrogen-bond donors (Lipinski definition) is 2. The summed E-state index contributed by atoms with van der Waals surface area (Å²) in [6.07, 6.45) is 4.23. The molecule has 112 valence electrons. The number of aromatic amines is 1. The van der Waals surface area contributed by atoms with E-state index < -0.39 is 0 Å². The highest BCUT2D eigenvalue weighted by Gasteiger charge is 2.16. The van der Waals surface area contributed by atoms with E-state index in [2.05, 4.69) is 27.2 Å². The predicted octanol–water partition coefficient (Wildman–Crippen LogP) is 1.71. The lowest BCUT2D eigenvalue weighted by Gasteiger charge is -2.21. The number of nitrogens with zero attached hydrogens (tertiary/aromatic N) is 3. The lowest BCUT2D eigenvalue weighted by atomic mass is 10.0. The van der Waals surface area contributed by atoms with Crippen molar-refractivity contribution in [3.8, 4) is 0 Å². The summed E-state index contributed by atoms with van der Waals surface area (Å²) in [6, 6.07) is 1.77. The Labute approximate surface area is 124 Å². The highest BCUT2D eigenvalue weighted by molar-refractivity contribution is 5.56. The molecule has 0 bridgehead atoms. The van der Waals surface area contributed by atoms with Gasteiger partial charge in [0, 0.05) is 44.3 Å². The van der Waals surface area contributed by atoms with E-state index in [-0.39, 0.29) is 5.56 Å². The Balaban J connectivity index is 2.42. The first kappa shape index (κ1) is 15.0. The van der Waals surface area contributed by atoms with Crippen LogP contribution < -0.4 is 15.8 Å². The SMILES string of the molecule is CCc1c(C)[nH]c(=O)c(N(C)C)c1CNc1ncccn1. The monoisotopic (exact) mass is 287 g/mol. The molecule has 0 aliphatic carbocycles. The number of rotatable bonds is 5. The summed E-state index contributed by atoms with van der Waals surface area (Å²) < 4.78 is 0. The van der Waals surface area contributed by atoms with Crippen LogP contribution in [-0.4, -0.2) is 29.0 Å². The first-order chi connectivity index (χ1) is 10.0. The quantitative estimate of drug-likeness (QED) is 0.876. The fourth-order valence-corrected chi connectivity index (χ4v) is 2.51. The largest absolute Gasteiger partial charge is 0.373 e. The number of aromatic nitrogens is 3. The molecule has 0 saturated heterocycles. The van der Waals surface area contributed by atoms with E-state index in [1.807, 2.05) is 25.9 Å². The molecule has 6 heteroatoms. The molecular weight excluding hydrogens is 266 g/mol. The van der Waals surface area contributed by atoms with Crippen LogP contribution in [0.5, 0.6) is 0 Å². The molecule has 0 aliphatic rings. The lowest BCUT2D eigenvalue weighted by molar-refractivity contribution is 0.930. The summed E-state index contributed by atoms with van der Waals surface area (Å²) in [6.45, 7) is 4.54. The molecule has 2 N–H and O–H groups in total. The standard InChI is InChI=1S/C15H21N5O/c1-5-11-10(2)19-14(21)13(20(3)4)12(11)9-18-15-16-7-6-8-17-15/h6-8H,5,9H2,1-4H3,(H,19,21)(H,16,17,18). The zero-order chi connectivity index (χ0) is 15.4. The molecule has 6 nitrogen and oxygen atoms in total. The summed E-state index contributed by atoms with van der Waals surface area (Å²) in [4.78, 5) is 25.3. The zero-order valence-corrected chi connectivity index (χ0v) is 12.9. The van der Waals surface area contributed by atoms with E-state index in [1.54, 1.807) is 18.5 Å². The van der Waals surface area contributed by atoms with E-state index in [1.165, 1.54) is 0 Å². The van der Waals surface area contributed by atoms with Crippen LogP contribution >= 0.6 is 0 Å². The molecule has 0 saturated carbocycles. The second kappa shape index (κ2) is 6.39. The Morgan fingerprint density at radius 2 is 1.90 bits per heavy atom. The molecule has 0 aliphatic heterocycles. The van der Waals surface area contributed by atoms with E-state index in [0.717, 1.165) is 23.2 Å². The third-order valence-electron chi connectivity index (χ3n) is 3.41. The van der Waals surface area contributed by atoms with Crippen molar-refractivity contribution in [1.82, 2.24) is 15.0 Å². The first-order valence-corrected chi connectivity index (χ1v) is 6.97. The Morgan fingerprint density at radius 3 is 2.48 bits per heavy atom. The minimum atomic E-state index is -0.0690. The van der Waals surface area contributed by atoms with E-state index in [9.17, 15) is 4.79 Å². The van der Waals surface area contributed by atoms with Gasteiger partial charge in [0.25, 0.3) is 5.56 Å². The van der Waals surface area contributed by atoms with Crippen LogP contribution in [0.25, 0.3) is 0 Å². The summed E-state index contributed by atoms with van der Waals surface area (Å²) in [5, 5.41) is 3.18. The Morgan fingerprint density at radius 1 is 1.24 bits per heavy atom. The molecule has 0 unspecified atom stereocenters. The molecule has 0 radical (unpaired) electrons. The third-order valence-corrected chi connectivity index (χ3v) is 3.41. The van der Waals surface area contributed by atoms with Gasteiger partial charge in [-0.05, 0) is 25.0 Å². The van der Waals surface area contributed by atoms with E-state index in [4.69, 9.17) is 0 Å². The van der Waals surface area contributed by atoms with Gasteiger partial charge < -0.3 is 15.2 Å². The topological polar surface area (TPSA) is 73.9 Å². The fraction of sp³-hybridized carbons (Fsp3) is 0.400. The van der Waals surface area contributed by atoms with Crippen LogP contribution in [-0.2, 0) is 13.0 Å². The van der Waals surface area contributed by atoms with Crippen molar-refractivity contribution in [3.05, 3.63) is 45.6 Å². The van der Waals surface area contributed by atoms with Gasteiger partial charge in [-0.25, -0.2) is 9.97 Å². The number of anilines is 2. The van der Waals surface area contributed by atoms with Crippen LogP contribution in [0.15, 0.2) is 23.3 Å². The smallest absolute Gasteiger partial charge is 0.272 e. The summed E-state index contributed by atoms with van der Waals surface area (Å²) >= 11 is 0. The van der Waals surface area contributed by atoms with Crippen molar-refractivity contribution in [1.29, 1.82) is 0 Å². The van der Waals surface area contributed by atoms with Crippen molar-refractivity contribution in [2.75, 3.05) is 24.3 Å². The average molecular weight is 287 g/mol. The molecule has 2 aromatic rings. The molecule has 0 atom stereocenters. The number of nitrogens with one attached hydrogen (secondary N) is 2. The summed E-state index contributed by atoms with van der Waals surface area (Å²) in [5.41, 5.74) is 3.68. The molecule has 2 aromatic heterocycles. The minimum Gasteiger partial charge on any atom is -0.373 e. The molecule has 0 spiro atoms. The molecule has 2 heterocycles. The highest BCUT2D eigenvalue weighted by Crippen LogP contribution is 2.21. The lowest BCUT2D eigenvalue weighted by Crippen LogP contribution is -2.26. The maximum absolute atomic E-state index is 12.2. The molecule has 0 amide bonds. The Bertz CT molecular complexity index is 664. The minimum absolute atomic E-state index is 0.0690. The van der Waals surface area contributed by atoms with Gasteiger partial charge >= 0.3 is 0 Å². The number of aryl methyl sites for hydroxylation is 1. The third kappa shape index (κ3) is 3.21. The maximum Gasteiger partial charge on any atom is 0.272 e. The fourth-order valence-electron chi connectivity index (χ4n) is 2.51. The molecule has 0 aromatic carbocycles. The molecule has 21 heavy (non-hydrogen) atoms. The van der Waals surface area contributed by atoms with E-state index >= 15 is 0 Å². The van der Waals surface area contributed by atoms with Crippen LogP contribution in [0, 0.1) is 6.92 Å². The van der Waals surface area contributed by atoms with Crippen molar-refractivity contribution >= 4 is 11.6 Å². The first-order valence-electron chi connectivity index (χ1n) is 6.97. The molecular formula is C15H21N5O. The maximum atomic E-state index is 12.2. The second-order valence-electron chi connectivity index (χ2n) is 5.06. The van der Waals surface area contributed by atoms with Gasteiger partial charge in [-0.1, -0.05) is 6.92 Å².